The third-order valence-corrected chi connectivity index (χ3v) is 3.58. The Morgan fingerprint density at radius 1 is 1.26 bits per heavy atom. The lowest BCUT2D eigenvalue weighted by molar-refractivity contribution is -0.133. The van der Waals surface area contributed by atoms with Crippen LogP contribution in [-0.4, -0.2) is 23.4 Å². The second-order valence-corrected chi connectivity index (χ2v) is 4.94. The smallest absolute Gasteiger partial charge is 0.227 e. The first kappa shape index (κ1) is 13.9. The Morgan fingerprint density at radius 3 is 2.68 bits per heavy atom. The van der Waals surface area contributed by atoms with Gasteiger partial charge in [-0.2, -0.15) is 0 Å². The molecule has 1 aliphatic rings. The molecule has 2 rings (SSSR count). The number of hydrogen-bond donors (Lipinski definition) is 0. The van der Waals surface area contributed by atoms with Crippen LogP contribution < -0.4 is 0 Å². The van der Waals surface area contributed by atoms with Crippen LogP contribution >= 0.6 is 0 Å². The summed E-state index contributed by atoms with van der Waals surface area (Å²) in [6.07, 6.45) is 2.69. The van der Waals surface area contributed by atoms with Gasteiger partial charge in [-0.25, -0.2) is 13.2 Å². The van der Waals surface area contributed by atoms with Gasteiger partial charge in [0.1, 0.15) is 0 Å². The predicted molar refractivity (Wildman–Crippen MR) is 65.0 cm³/mol. The first-order chi connectivity index (χ1) is 9.00. The lowest BCUT2D eigenvalue weighted by Crippen LogP contribution is -2.42. The zero-order valence-electron chi connectivity index (χ0n) is 10.8. The number of carbonyl (C=O) groups is 1. The zero-order chi connectivity index (χ0) is 14.0. The number of benzene rings is 1. The van der Waals surface area contributed by atoms with E-state index in [4.69, 9.17) is 0 Å². The molecule has 1 aromatic rings. The normalized spacial score (nSPS) is 19.6. The van der Waals surface area contributed by atoms with Gasteiger partial charge in [0.05, 0.1) is 6.42 Å². The molecular formula is C14H16F3NO. The summed E-state index contributed by atoms with van der Waals surface area (Å²) in [4.78, 5) is 13.8. The van der Waals surface area contributed by atoms with Gasteiger partial charge in [-0.15, -0.1) is 0 Å². The van der Waals surface area contributed by atoms with Gasteiger partial charge in [0.15, 0.2) is 17.5 Å². The number of piperidine rings is 1. The molecule has 0 bridgehead atoms. The van der Waals surface area contributed by atoms with Crippen LogP contribution in [0.25, 0.3) is 0 Å². The van der Waals surface area contributed by atoms with Gasteiger partial charge >= 0.3 is 0 Å². The first-order valence-electron chi connectivity index (χ1n) is 6.42. The molecule has 1 aromatic carbocycles. The maximum Gasteiger partial charge on any atom is 0.227 e. The van der Waals surface area contributed by atoms with Gasteiger partial charge in [-0.1, -0.05) is 6.07 Å². The number of nitrogens with zero attached hydrogens (tertiary/aromatic N) is 1. The van der Waals surface area contributed by atoms with Crippen LogP contribution in [0, 0.1) is 17.5 Å². The van der Waals surface area contributed by atoms with Crippen LogP contribution in [-0.2, 0) is 11.2 Å². The second-order valence-electron chi connectivity index (χ2n) is 4.94. The molecule has 104 valence electrons. The number of amides is 1. The number of rotatable bonds is 2. The minimum absolute atomic E-state index is 0.0957. The van der Waals surface area contributed by atoms with Gasteiger partial charge in [0.25, 0.3) is 0 Å². The molecule has 0 N–H and O–H groups in total. The summed E-state index contributed by atoms with van der Waals surface area (Å²) in [5.74, 6) is -4.26. The molecule has 0 aromatic heterocycles. The zero-order valence-corrected chi connectivity index (χ0v) is 10.8. The summed E-state index contributed by atoms with van der Waals surface area (Å²) in [5, 5.41) is 0. The van der Waals surface area contributed by atoms with Crippen LogP contribution in [0.4, 0.5) is 13.2 Å². The van der Waals surface area contributed by atoms with E-state index in [0.29, 0.717) is 6.54 Å². The molecule has 0 radical (unpaired) electrons. The molecule has 1 saturated heterocycles. The molecule has 5 heteroatoms. The summed E-state index contributed by atoms with van der Waals surface area (Å²) >= 11 is 0. The van der Waals surface area contributed by atoms with Crippen molar-refractivity contribution in [1.29, 1.82) is 0 Å². The maximum atomic E-state index is 13.5. The third-order valence-electron chi connectivity index (χ3n) is 3.58. The Bertz CT molecular complexity index is 490. The van der Waals surface area contributed by atoms with E-state index in [-0.39, 0.29) is 23.9 Å². The second kappa shape index (κ2) is 5.63. The van der Waals surface area contributed by atoms with E-state index in [1.807, 2.05) is 6.92 Å². The number of halogens is 3. The summed E-state index contributed by atoms with van der Waals surface area (Å²) < 4.78 is 39.4. The Morgan fingerprint density at radius 2 is 2.00 bits per heavy atom. The van der Waals surface area contributed by atoms with Crippen molar-refractivity contribution in [3.05, 3.63) is 35.1 Å². The summed E-state index contributed by atoms with van der Waals surface area (Å²) in [7, 11) is 0. The molecule has 1 unspecified atom stereocenters. The van der Waals surface area contributed by atoms with Crippen LogP contribution in [0.2, 0.25) is 0 Å². The summed E-state index contributed by atoms with van der Waals surface area (Å²) in [5.41, 5.74) is -0.0957. The molecule has 1 amide bonds. The minimum Gasteiger partial charge on any atom is -0.340 e. The van der Waals surface area contributed by atoms with Crippen molar-refractivity contribution in [3.63, 3.8) is 0 Å². The largest absolute Gasteiger partial charge is 0.340 e. The van der Waals surface area contributed by atoms with Crippen molar-refractivity contribution in [1.82, 2.24) is 4.90 Å². The molecular weight excluding hydrogens is 255 g/mol. The Balaban J connectivity index is 2.12. The average Bonchev–Trinajstić information content (AvgIpc) is 2.40. The maximum absolute atomic E-state index is 13.5. The van der Waals surface area contributed by atoms with E-state index in [9.17, 15) is 18.0 Å². The molecule has 1 fully saturated rings. The quantitative estimate of drug-likeness (QED) is 0.757. The van der Waals surface area contributed by atoms with Crippen molar-refractivity contribution in [2.24, 2.45) is 0 Å². The van der Waals surface area contributed by atoms with E-state index in [1.165, 1.54) is 0 Å². The number of hydrogen-bond acceptors (Lipinski definition) is 1. The van der Waals surface area contributed by atoms with Gasteiger partial charge < -0.3 is 4.90 Å². The van der Waals surface area contributed by atoms with Crippen LogP contribution in [0.15, 0.2) is 12.1 Å². The summed E-state index contributed by atoms with van der Waals surface area (Å²) in [6.45, 7) is 2.59. The van der Waals surface area contributed by atoms with E-state index in [0.717, 1.165) is 31.4 Å². The molecule has 0 saturated carbocycles. The standard InChI is InChI=1S/C14H16F3NO/c1-9-4-2-3-7-18(9)12(19)8-10-5-6-11(15)14(17)13(10)16/h5-6,9H,2-4,7-8H2,1H3. The van der Waals surface area contributed by atoms with E-state index in [2.05, 4.69) is 0 Å². The van der Waals surface area contributed by atoms with E-state index < -0.39 is 17.5 Å². The Kier molecular flexibility index (Phi) is 4.12. The van der Waals surface area contributed by atoms with Crippen LogP contribution in [0.1, 0.15) is 31.7 Å². The highest BCUT2D eigenvalue weighted by molar-refractivity contribution is 5.79. The molecule has 0 spiro atoms. The monoisotopic (exact) mass is 271 g/mol. The van der Waals surface area contributed by atoms with Crippen molar-refractivity contribution in [2.75, 3.05) is 6.54 Å². The highest BCUT2D eigenvalue weighted by Gasteiger charge is 2.24. The van der Waals surface area contributed by atoms with Gasteiger partial charge in [0.2, 0.25) is 5.91 Å². The van der Waals surface area contributed by atoms with Crippen LogP contribution in [0.3, 0.4) is 0 Å². The molecule has 2 nitrogen and oxygen atoms in total. The highest BCUT2D eigenvalue weighted by Crippen LogP contribution is 2.20. The van der Waals surface area contributed by atoms with Crippen molar-refractivity contribution < 1.29 is 18.0 Å². The van der Waals surface area contributed by atoms with Crippen molar-refractivity contribution >= 4 is 5.91 Å². The molecule has 1 aliphatic heterocycles. The number of likely N-dealkylation sites (tertiary alicyclic amines) is 1. The molecule has 0 aliphatic carbocycles. The fourth-order valence-electron chi connectivity index (χ4n) is 2.44. The van der Waals surface area contributed by atoms with Gasteiger partial charge in [-0.3, -0.25) is 4.79 Å². The van der Waals surface area contributed by atoms with Crippen LogP contribution in [0.5, 0.6) is 0 Å². The average molecular weight is 271 g/mol. The van der Waals surface area contributed by atoms with Gasteiger partial charge in [0, 0.05) is 18.2 Å². The lowest BCUT2D eigenvalue weighted by Gasteiger charge is -2.33. The highest BCUT2D eigenvalue weighted by atomic mass is 19.2. The summed E-state index contributed by atoms with van der Waals surface area (Å²) in [6, 6.07) is 2.09. The third kappa shape index (κ3) is 2.91. The topological polar surface area (TPSA) is 20.3 Å². The van der Waals surface area contributed by atoms with Crippen molar-refractivity contribution in [2.45, 2.75) is 38.6 Å². The van der Waals surface area contributed by atoms with E-state index >= 15 is 0 Å². The predicted octanol–water partition coefficient (Wildman–Crippen LogP) is 3.05. The minimum atomic E-state index is -1.52. The molecule has 1 atom stereocenters. The molecule has 1 heterocycles. The fourth-order valence-corrected chi connectivity index (χ4v) is 2.44. The lowest BCUT2D eigenvalue weighted by atomic mass is 10.0. The number of carbonyl (C=O) groups excluding carboxylic acids is 1. The Hall–Kier alpha value is -1.52. The SMILES string of the molecule is CC1CCCCN1C(=O)Cc1ccc(F)c(F)c1F. The Labute approximate surface area is 110 Å². The fraction of sp³-hybridized carbons (Fsp3) is 0.500. The van der Waals surface area contributed by atoms with Gasteiger partial charge in [-0.05, 0) is 32.3 Å². The van der Waals surface area contributed by atoms with Crippen molar-refractivity contribution in [3.8, 4) is 0 Å². The first-order valence-corrected chi connectivity index (χ1v) is 6.42. The van der Waals surface area contributed by atoms with E-state index in [1.54, 1.807) is 4.90 Å². The molecule has 19 heavy (non-hydrogen) atoms.